The van der Waals surface area contributed by atoms with Gasteiger partial charge in [-0.3, -0.25) is 4.79 Å². The number of morpholine rings is 1. The predicted octanol–water partition coefficient (Wildman–Crippen LogP) is 0.234. The summed E-state index contributed by atoms with van der Waals surface area (Å²) in [5.74, 6) is -0.669. The molecule has 0 bridgehead atoms. The van der Waals surface area contributed by atoms with Crippen molar-refractivity contribution >= 4 is 12.0 Å². The van der Waals surface area contributed by atoms with E-state index in [1.165, 1.54) is 0 Å². The molecule has 2 aliphatic heterocycles. The van der Waals surface area contributed by atoms with Crippen molar-refractivity contribution in [2.24, 2.45) is 5.92 Å². The third-order valence-corrected chi connectivity index (χ3v) is 3.20. The summed E-state index contributed by atoms with van der Waals surface area (Å²) < 4.78 is 5.37. The summed E-state index contributed by atoms with van der Waals surface area (Å²) in [5.41, 5.74) is 0. The van der Waals surface area contributed by atoms with E-state index in [4.69, 9.17) is 9.84 Å². The molecule has 0 spiro atoms. The van der Waals surface area contributed by atoms with Crippen molar-refractivity contribution in [2.45, 2.75) is 19.4 Å². The Balaban J connectivity index is 1.76. The van der Waals surface area contributed by atoms with Gasteiger partial charge in [-0.25, -0.2) is 4.79 Å². The fourth-order valence-corrected chi connectivity index (χ4v) is 2.29. The molecular formula is C11H18N2O4. The largest absolute Gasteiger partial charge is 0.481 e. The van der Waals surface area contributed by atoms with Crippen molar-refractivity contribution in [2.75, 3.05) is 32.8 Å². The number of hydrogen-bond donors (Lipinski definition) is 1. The Bertz CT molecular complexity index is 315. The molecule has 2 saturated heterocycles. The molecule has 17 heavy (non-hydrogen) atoms. The highest BCUT2D eigenvalue weighted by molar-refractivity contribution is 5.76. The molecule has 6 heteroatoms. The zero-order valence-corrected chi connectivity index (χ0v) is 9.96. The van der Waals surface area contributed by atoms with Gasteiger partial charge in [-0.1, -0.05) is 0 Å². The van der Waals surface area contributed by atoms with Gasteiger partial charge in [0.25, 0.3) is 0 Å². The lowest BCUT2D eigenvalue weighted by Crippen LogP contribution is -2.58. The van der Waals surface area contributed by atoms with Gasteiger partial charge in [0.2, 0.25) is 0 Å². The minimum atomic E-state index is -0.790. The second-order valence-electron chi connectivity index (χ2n) is 4.78. The summed E-state index contributed by atoms with van der Waals surface area (Å²) in [5, 5.41) is 8.63. The smallest absolute Gasteiger partial charge is 0.320 e. The van der Waals surface area contributed by atoms with Gasteiger partial charge in [0.1, 0.15) is 0 Å². The topological polar surface area (TPSA) is 70.1 Å². The number of nitrogens with zero attached hydrogens (tertiary/aromatic N) is 2. The van der Waals surface area contributed by atoms with E-state index in [-0.39, 0.29) is 24.5 Å². The van der Waals surface area contributed by atoms with Crippen LogP contribution in [0.25, 0.3) is 0 Å². The number of carboxylic acid groups (broad SMARTS) is 1. The van der Waals surface area contributed by atoms with Crippen LogP contribution >= 0.6 is 0 Å². The molecule has 1 unspecified atom stereocenters. The molecule has 0 aromatic rings. The molecule has 96 valence electrons. The van der Waals surface area contributed by atoms with Gasteiger partial charge in [-0.15, -0.1) is 0 Å². The zero-order valence-electron chi connectivity index (χ0n) is 9.96. The van der Waals surface area contributed by atoms with Crippen LogP contribution in [0.4, 0.5) is 4.79 Å². The Morgan fingerprint density at radius 1 is 1.29 bits per heavy atom. The number of likely N-dealkylation sites (tertiary alicyclic amines) is 1. The molecule has 0 aliphatic carbocycles. The van der Waals surface area contributed by atoms with E-state index < -0.39 is 5.97 Å². The zero-order chi connectivity index (χ0) is 12.4. The fourth-order valence-electron chi connectivity index (χ4n) is 2.29. The van der Waals surface area contributed by atoms with Crippen LogP contribution in [0.1, 0.15) is 13.3 Å². The maximum Gasteiger partial charge on any atom is 0.320 e. The van der Waals surface area contributed by atoms with E-state index in [0.717, 1.165) is 0 Å². The van der Waals surface area contributed by atoms with Crippen molar-refractivity contribution in [1.82, 2.24) is 9.80 Å². The third kappa shape index (κ3) is 2.88. The average Bonchev–Trinajstić information content (AvgIpc) is 2.21. The van der Waals surface area contributed by atoms with Crippen LogP contribution in [-0.4, -0.2) is 65.8 Å². The molecule has 1 N–H and O–H groups in total. The summed E-state index contributed by atoms with van der Waals surface area (Å²) in [7, 11) is 0. The minimum Gasteiger partial charge on any atom is -0.481 e. The van der Waals surface area contributed by atoms with E-state index in [1.54, 1.807) is 9.80 Å². The van der Waals surface area contributed by atoms with Crippen LogP contribution in [0, 0.1) is 5.92 Å². The quantitative estimate of drug-likeness (QED) is 0.752. The molecule has 2 fully saturated rings. The highest BCUT2D eigenvalue weighted by atomic mass is 16.5. The molecule has 0 radical (unpaired) electrons. The lowest BCUT2D eigenvalue weighted by atomic mass is 9.97. The molecule has 0 saturated carbocycles. The van der Waals surface area contributed by atoms with Crippen molar-refractivity contribution < 1.29 is 19.4 Å². The van der Waals surface area contributed by atoms with Gasteiger partial charge in [0, 0.05) is 32.1 Å². The fraction of sp³-hybridized carbons (Fsp3) is 0.818. The molecule has 2 rings (SSSR count). The van der Waals surface area contributed by atoms with Crippen molar-refractivity contribution in [3.8, 4) is 0 Å². The standard InChI is InChI=1S/C11H18N2O4/c1-8-5-12(2-3-17-8)11(16)13-6-9(7-13)4-10(14)15/h8-9H,2-7H2,1H3,(H,14,15). The number of rotatable bonds is 2. The summed E-state index contributed by atoms with van der Waals surface area (Å²) in [6.07, 6.45) is 0.243. The lowest BCUT2D eigenvalue weighted by molar-refractivity contribution is -0.139. The highest BCUT2D eigenvalue weighted by Gasteiger charge is 2.35. The Labute approximate surface area is 100 Å². The Kier molecular flexibility index (Phi) is 3.51. The van der Waals surface area contributed by atoms with Crippen LogP contribution < -0.4 is 0 Å². The first-order valence-electron chi connectivity index (χ1n) is 5.93. The maximum atomic E-state index is 12.0. The summed E-state index contributed by atoms with van der Waals surface area (Å²) in [4.78, 5) is 26.0. The van der Waals surface area contributed by atoms with Gasteiger partial charge in [0.05, 0.1) is 19.1 Å². The molecule has 6 nitrogen and oxygen atoms in total. The van der Waals surface area contributed by atoms with E-state index in [1.807, 2.05) is 6.92 Å². The first-order valence-corrected chi connectivity index (χ1v) is 5.93. The van der Waals surface area contributed by atoms with Gasteiger partial charge in [-0.2, -0.15) is 0 Å². The number of amides is 2. The third-order valence-electron chi connectivity index (χ3n) is 3.20. The minimum absolute atomic E-state index is 0.0155. The molecular weight excluding hydrogens is 224 g/mol. The van der Waals surface area contributed by atoms with E-state index in [9.17, 15) is 9.59 Å². The summed E-state index contributed by atoms with van der Waals surface area (Å²) >= 11 is 0. The van der Waals surface area contributed by atoms with Crippen molar-refractivity contribution in [3.05, 3.63) is 0 Å². The SMILES string of the molecule is CC1CN(C(=O)N2CC(CC(=O)O)C2)CCO1. The van der Waals surface area contributed by atoms with Crippen LogP contribution in [0.5, 0.6) is 0 Å². The summed E-state index contributed by atoms with van der Waals surface area (Å²) in [6.45, 7) is 4.91. The monoisotopic (exact) mass is 242 g/mol. The number of carbonyl (C=O) groups excluding carboxylic acids is 1. The number of carboxylic acids is 1. The molecule has 0 aromatic heterocycles. The Morgan fingerprint density at radius 3 is 2.59 bits per heavy atom. The number of ether oxygens (including phenoxy) is 1. The van der Waals surface area contributed by atoms with E-state index >= 15 is 0 Å². The normalized spacial score (nSPS) is 25.6. The first kappa shape index (κ1) is 12.2. The second kappa shape index (κ2) is 4.91. The number of aliphatic carboxylic acids is 1. The Morgan fingerprint density at radius 2 is 2.00 bits per heavy atom. The molecule has 2 amide bonds. The van der Waals surface area contributed by atoms with Gasteiger partial charge < -0.3 is 19.6 Å². The Hall–Kier alpha value is -1.30. The maximum absolute atomic E-state index is 12.0. The molecule has 0 aromatic carbocycles. The van der Waals surface area contributed by atoms with Crippen molar-refractivity contribution in [3.63, 3.8) is 0 Å². The van der Waals surface area contributed by atoms with Crippen molar-refractivity contribution in [1.29, 1.82) is 0 Å². The number of hydrogen-bond acceptors (Lipinski definition) is 3. The van der Waals surface area contributed by atoms with E-state index in [0.29, 0.717) is 32.8 Å². The van der Waals surface area contributed by atoms with Gasteiger partial charge >= 0.3 is 12.0 Å². The van der Waals surface area contributed by atoms with Crippen LogP contribution in [0.3, 0.4) is 0 Å². The average molecular weight is 242 g/mol. The van der Waals surface area contributed by atoms with Crippen LogP contribution in [0.15, 0.2) is 0 Å². The van der Waals surface area contributed by atoms with Gasteiger partial charge in [-0.05, 0) is 6.92 Å². The van der Waals surface area contributed by atoms with Crippen LogP contribution in [0.2, 0.25) is 0 Å². The van der Waals surface area contributed by atoms with Crippen LogP contribution in [-0.2, 0) is 9.53 Å². The molecule has 2 heterocycles. The first-order chi connectivity index (χ1) is 8.06. The molecule has 2 aliphatic rings. The number of carbonyl (C=O) groups is 2. The number of urea groups is 1. The van der Waals surface area contributed by atoms with E-state index in [2.05, 4.69) is 0 Å². The van der Waals surface area contributed by atoms with Gasteiger partial charge in [0.15, 0.2) is 0 Å². The summed E-state index contributed by atoms with van der Waals surface area (Å²) in [6, 6.07) is 0.0155. The lowest BCUT2D eigenvalue weighted by Gasteiger charge is -2.43. The molecule has 1 atom stereocenters. The highest BCUT2D eigenvalue weighted by Crippen LogP contribution is 2.21. The second-order valence-corrected chi connectivity index (χ2v) is 4.78. The predicted molar refractivity (Wildman–Crippen MR) is 59.7 cm³/mol.